The molecule has 3 N–H and O–H groups in total. The topological polar surface area (TPSA) is 126 Å². The summed E-state index contributed by atoms with van der Waals surface area (Å²) < 4.78 is 9.41. The second-order valence-corrected chi connectivity index (χ2v) is 10.4. The van der Waals surface area contributed by atoms with Crippen LogP contribution in [0.25, 0.3) is 16.7 Å². The van der Waals surface area contributed by atoms with Crippen molar-refractivity contribution in [2.24, 2.45) is 0 Å². The van der Waals surface area contributed by atoms with Gasteiger partial charge in [-0.1, -0.05) is 0 Å². The summed E-state index contributed by atoms with van der Waals surface area (Å²) in [6.07, 6.45) is 6.56. The largest absolute Gasteiger partial charge is 0.496 e. The number of aromatic nitrogens is 6. The number of anilines is 3. The van der Waals surface area contributed by atoms with Crippen molar-refractivity contribution in [2.75, 3.05) is 30.5 Å². The zero-order chi connectivity index (χ0) is 26.6. The molecule has 1 aliphatic heterocycles. The SMILES string of the molecule is COc1cc(-n2cnc(Nc3nc(N4CCC[C@H]4CO)c4c(C)nn(C5CC(O)C5)c4n3)c2)cc(C)c1C. The number of fused-ring (bicyclic) bond motifs is 1. The van der Waals surface area contributed by atoms with E-state index < -0.39 is 0 Å². The number of aliphatic hydroxyl groups is 2. The van der Waals surface area contributed by atoms with Crippen molar-refractivity contribution >= 4 is 28.6 Å². The van der Waals surface area contributed by atoms with Crippen molar-refractivity contribution in [1.82, 2.24) is 29.3 Å². The maximum absolute atomic E-state index is 10.0. The van der Waals surface area contributed by atoms with Crippen LogP contribution in [0.1, 0.15) is 48.5 Å². The van der Waals surface area contributed by atoms with E-state index in [4.69, 9.17) is 19.8 Å². The van der Waals surface area contributed by atoms with Crippen molar-refractivity contribution in [3.05, 3.63) is 41.5 Å². The van der Waals surface area contributed by atoms with E-state index in [0.717, 1.165) is 64.5 Å². The maximum Gasteiger partial charge on any atom is 0.232 e. The van der Waals surface area contributed by atoms with Crippen LogP contribution >= 0.6 is 0 Å². The maximum atomic E-state index is 10.0. The highest BCUT2D eigenvalue weighted by atomic mass is 16.5. The van der Waals surface area contributed by atoms with Gasteiger partial charge in [-0.3, -0.25) is 0 Å². The lowest BCUT2D eigenvalue weighted by molar-refractivity contribution is 0.0449. The average molecular weight is 519 g/mol. The minimum Gasteiger partial charge on any atom is -0.496 e. The Morgan fingerprint density at radius 1 is 1.16 bits per heavy atom. The lowest BCUT2D eigenvalue weighted by Crippen LogP contribution is -2.33. The summed E-state index contributed by atoms with van der Waals surface area (Å²) in [6, 6.07) is 4.20. The van der Waals surface area contributed by atoms with Crippen molar-refractivity contribution in [1.29, 1.82) is 0 Å². The van der Waals surface area contributed by atoms with Gasteiger partial charge in [-0.05, 0) is 63.6 Å². The van der Waals surface area contributed by atoms with Crippen molar-refractivity contribution in [2.45, 2.75) is 64.6 Å². The van der Waals surface area contributed by atoms with Crippen LogP contribution in [0, 0.1) is 20.8 Å². The van der Waals surface area contributed by atoms with E-state index in [-0.39, 0.29) is 24.8 Å². The fourth-order valence-corrected chi connectivity index (χ4v) is 5.58. The fraction of sp³-hybridized carbons (Fsp3) is 0.481. The Morgan fingerprint density at radius 2 is 1.97 bits per heavy atom. The smallest absolute Gasteiger partial charge is 0.232 e. The average Bonchev–Trinajstić information content (AvgIpc) is 3.62. The molecule has 11 heteroatoms. The van der Waals surface area contributed by atoms with Gasteiger partial charge in [0.2, 0.25) is 5.95 Å². The zero-order valence-electron chi connectivity index (χ0n) is 22.2. The molecule has 0 spiro atoms. The zero-order valence-corrected chi connectivity index (χ0v) is 22.2. The van der Waals surface area contributed by atoms with Crippen LogP contribution in [0.15, 0.2) is 24.7 Å². The molecule has 3 aromatic heterocycles. The highest BCUT2D eigenvalue weighted by Crippen LogP contribution is 2.38. The minimum atomic E-state index is -0.302. The second kappa shape index (κ2) is 9.55. The van der Waals surface area contributed by atoms with Crippen LogP contribution < -0.4 is 15.0 Å². The predicted octanol–water partition coefficient (Wildman–Crippen LogP) is 3.35. The number of nitrogens with zero attached hydrogens (tertiary/aromatic N) is 7. The molecule has 1 saturated carbocycles. The first-order chi connectivity index (χ1) is 18.4. The summed E-state index contributed by atoms with van der Waals surface area (Å²) in [5, 5.41) is 28.9. The van der Waals surface area contributed by atoms with Crippen LogP contribution in [0.3, 0.4) is 0 Å². The van der Waals surface area contributed by atoms with Gasteiger partial charge < -0.3 is 29.7 Å². The number of ether oxygens (including phenoxy) is 1. The molecule has 11 nitrogen and oxygen atoms in total. The fourth-order valence-electron chi connectivity index (χ4n) is 5.58. The molecule has 4 heterocycles. The molecule has 2 fully saturated rings. The molecule has 0 amide bonds. The number of aryl methyl sites for hydroxylation is 2. The van der Waals surface area contributed by atoms with E-state index in [0.29, 0.717) is 24.6 Å². The third-order valence-electron chi connectivity index (χ3n) is 7.95. The van der Waals surface area contributed by atoms with Gasteiger partial charge >= 0.3 is 0 Å². The Balaban J connectivity index is 1.39. The van der Waals surface area contributed by atoms with Crippen LogP contribution in [0.4, 0.5) is 17.6 Å². The summed E-state index contributed by atoms with van der Waals surface area (Å²) in [4.78, 5) is 16.5. The second-order valence-electron chi connectivity index (χ2n) is 10.4. The summed E-state index contributed by atoms with van der Waals surface area (Å²) in [5.41, 5.74) is 4.77. The normalized spacial score (nSPS) is 21.2. The first-order valence-corrected chi connectivity index (χ1v) is 13.1. The molecule has 38 heavy (non-hydrogen) atoms. The molecule has 0 bridgehead atoms. The van der Waals surface area contributed by atoms with E-state index in [2.05, 4.69) is 28.2 Å². The van der Waals surface area contributed by atoms with Crippen LogP contribution in [0.5, 0.6) is 5.75 Å². The Morgan fingerprint density at radius 3 is 2.71 bits per heavy atom. The molecule has 1 saturated heterocycles. The number of rotatable bonds is 7. The molecule has 1 aromatic carbocycles. The molecule has 6 rings (SSSR count). The number of nitrogens with one attached hydrogen (secondary N) is 1. The summed E-state index contributed by atoms with van der Waals surface area (Å²) >= 11 is 0. The van der Waals surface area contributed by atoms with E-state index in [1.54, 1.807) is 13.4 Å². The minimum absolute atomic E-state index is 0.00758. The van der Waals surface area contributed by atoms with E-state index >= 15 is 0 Å². The number of imidazole rings is 1. The third-order valence-corrected chi connectivity index (χ3v) is 7.95. The van der Waals surface area contributed by atoms with Gasteiger partial charge in [0.05, 0.1) is 54.9 Å². The van der Waals surface area contributed by atoms with E-state index in [1.165, 1.54) is 0 Å². The van der Waals surface area contributed by atoms with E-state index in [1.807, 2.05) is 35.4 Å². The van der Waals surface area contributed by atoms with Gasteiger partial charge in [0.1, 0.15) is 17.9 Å². The predicted molar refractivity (Wildman–Crippen MR) is 145 cm³/mol. The monoisotopic (exact) mass is 518 g/mol. The van der Waals surface area contributed by atoms with Crippen LogP contribution in [-0.2, 0) is 0 Å². The lowest BCUT2D eigenvalue weighted by atomic mass is 9.90. The van der Waals surface area contributed by atoms with Crippen molar-refractivity contribution in [3.63, 3.8) is 0 Å². The van der Waals surface area contributed by atoms with Crippen molar-refractivity contribution in [3.8, 4) is 11.4 Å². The molecule has 4 aromatic rings. The Kier molecular flexibility index (Phi) is 6.19. The highest BCUT2D eigenvalue weighted by molar-refractivity contribution is 5.91. The van der Waals surface area contributed by atoms with Gasteiger partial charge in [0.15, 0.2) is 11.5 Å². The third kappa shape index (κ3) is 4.15. The van der Waals surface area contributed by atoms with Gasteiger partial charge in [-0.25, -0.2) is 9.67 Å². The van der Waals surface area contributed by atoms with Gasteiger partial charge in [-0.2, -0.15) is 15.1 Å². The molecule has 0 unspecified atom stereocenters. The molecule has 1 atom stereocenters. The lowest BCUT2D eigenvalue weighted by Gasteiger charge is -2.31. The quantitative estimate of drug-likeness (QED) is 0.338. The summed E-state index contributed by atoms with van der Waals surface area (Å²) in [6.45, 7) is 6.96. The number of hydrogen-bond acceptors (Lipinski definition) is 9. The molecular weight excluding hydrogens is 484 g/mol. The first kappa shape index (κ1) is 24.6. The van der Waals surface area contributed by atoms with Gasteiger partial charge in [-0.15, -0.1) is 0 Å². The number of methoxy groups -OCH3 is 1. The first-order valence-electron chi connectivity index (χ1n) is 13.1. The Bertz CT molecular complexity index is 1490. The Labute approximate surface area is 221 Å². The highest BCUT2D eigenvalue weighted by Gasteiger charge is 2.34. The van der Waals surface area contributed by atoms with Crippen LogP contribution in [0.2, 0.25) is 0 Å². The summed E-state index contributed by atoms with van der Waals surface area (Å²) in [5.74, 6) is 2.63. The Hall–Kier alpha value is -3.70. The van der Waals surface area contributed by atoms with Crippen molar-refractivity contribution < 1.29 is 14.9 Å². The van der Waals surface area contributed by atoms with Crippen LogP contribution in [-0.4, -0.2) is 71.9 Å². The summed E-state index contributed by atoms with van der Waals surface area (Å²) in [7, 11) is 1.68. The standard InChI is InChI=1S/C27H34N8O3/c1-15-8-19(11-22(38-4)16(15)2)33-12-23(28-14-33)29-27-30-25(34-7-5-6-18(34)13-36)24-17(3)32-35(26(24)31-27)20-9-21(37)10-20/h8,11-12,14,18,20-21,36-37H,5-7,9-10,13H2,1-4H3,(H,29,30,31)/t18-,20?,21?/m0/s1. The number of aliphatic hydroxyl groups excluding tert-OH is 2. The molecule has 2 aliphatic rings. The van der Waals surface area contributed by atoms with E-state index in [9.17, 15) is 10.2 Å². The number of benzene rings is 1. The van der Waals surface area contributed by atoms with Gasteiger partial charge in [0, 0.05) is 12.6 Å². The molecule has 0 radical (unpaired) electrons. The number of hydrogen-bond donors (Lipinski definition) is 3. The molecular formula is C27H34N8O3. The molecule has 200 valence electrons. The van der Waals surface area contributed by atoms with Gasteiger partial charge in [0.25, 0.3) is 0 Å². The molecule has 1 aliphatic carbocycles.